The summed E-state index contributed by atoms with van der Waals surface area (Å²) in [6, 6.07) is 14.8. The predicted octanol–water partition coefficient (Wildman–Crippen LogP) is 3.00. The number of rotatable bonds is 2. The summed E-state index contributed by atoms with van der Waals surface area (Å²) in [5.41, 5.74) is 2.35. The van der Waals surface area contributed by atoms with Crippen molar-refractivity contribution in [1.82, 2.24) is 9.80 Å². The number of fused-ring (bicyclic) bond motifs is 1. The molecule has 2 aromatic carbocycles. The molecule has 1 amide bonds. The van der Waals surface area contributed by atoms with Crippen LogP contribution in [0.4, 0.5) is 4.39 Å². The van der Waals surface area contributed by atoms with Gasteiger partial charge in [0.15, 0.2) is 0 Å². The number of benzene rings is 2. The van der Waals surface area contributed by atoms with E-state index in [1.807, 2.05) is 29.2 Å². The molecule has 0 radical (unpaired) electrons. The van der Waals surface area contributed by atoms with Crippen LogP contribution in [0.1, 0.15) is 42.4 Å². The van der Waals surface area contributed by atoms with Gasteiger partial charge in [-0.25, -0.2) is 4.39 Å². The number of carbonyl (C=O) groups excluding carboxylic acids is 1. The lowest BCUT2D eigenvalue weighted by molar-refractivity contribution is -0.134. The monoisotopic (exact) mass is 406 g/mol. The molecule has 4 rings (SSSR count). The molecule has 30 heavy (non-hydrogen) atoms. The summed E-state index contributed by atoms with van der Waals surface area (Å²) in [5, 5.41) is 10.0. The van der Waals surface area contributed by atoms with Crippen LogP contribution in [-0.2, 0) is 4.79 Å². The first-order valence-corrected chi connectivity index (χ1v) is 10.6. The Bertz CT molecular complexity index is 963. The van der Waals surface area contributed by atoms with Crippen LogP contribution in [0.25, 0.3) is 0 Å². The van der Waals surface area contributed by atoms with Gasteiger partial charge in [-0.15, -0.1) is 0 Å². The van der Waals surface area contributed by atoms with Gasteiger partial charge in [-0.2, -0.15) is 0 Å². The topological polar surface area (TPSA) is 43.8 Å². The Morgan fingerprint density at radius 3 is 2.53 bits per heavy atom. The van der Waals surface area contributed by atoms with E-state index in [4.69, 9.17) is 0 Å². The number of nitrogens with zero attached hydrogens (tertiary/aromatic N) is 2. The standard InChI is InChI=1S/C25H27FN2O2/c1-18(30)27-14-4-5-15-28-23(16-27)25(24(28)17-29)21-12-9-19(10-13-21)8-11-20-6-2-3-7-22(20)26/h2-3,6-7,9-10,12-13,23-25,29H,4-5,14-17H2,1H3/t23-,24+,25-/m0/s1. The molecule has 0 saturated carbocycles. The van der Waals surface area contributed by atoms with E-state index in [2.05, 4.69) is 16.7 Å². The van der Waals surface area contributed by atoms with Gasteiger partial charge in [0, 0.05) is 43.6 Å². The lowest BCUT2D eigenvalue weighted by atomic mass is 9.74. The average Bonchev–Trinajstić information content (AvgIpc) is 2.72. The maximum Gasteiger partial charge on any atom is 0.219 e. The molecule has 2 aliphatic heterocycles. The molecule has 0 bridgehead atoms. The second-order valence-electron chi connectivity index (χ2n) is 8.10. The molecule has 2 aliphatic rings. The van der Waals surface area contributed by atoms with Gasteiger partial charge in [0.2, 0.25) is 5.91 Å². The molecule has 2 heterocycles. The van der Waals surface area contributed by atoms with Gasteiger partial charge < -0.3 is 10.0 Å². The number of halogens is 1. The molecule has 0 spiro atoms. The second kappa shape index (κ2) is 8.99. The smallest absolute Gasteiger partial charge is 0.219 e. The van der Waals surface area contributed by atoms with Crippen LogP contribution >= 0.6 is 0 Å². The van der Waals surface area contributed by atoms with Crippen molar-refractivity contribution in [2.75, 3.05) is 26.2 Å². The van der Waals surface area contributed by atoms with Gasteiger partial charge in [-0.3, -0.25) is 9.69 Å². The van der Waals surface area contributed by atoms with Crippen LogP contribution in [0.2, 0.25) is 0 Å². The number of carbonyl (C=O) groups is 1. The van der Waals surface area contributed by atoms with E-state index in [9.17, 15) is 14.3 Å². The van der Waals surface area contributed by atoms with E-state index in [0.717, 1.165) is 37.1 Å². The van der Waals surface area contributed by atoms with Gasteiger partial charge in [-0.05, 0) is 49.2 Å². The van der Waals surface area contributed by atoms with Gasteiger partial charge in [0.1, 0.15) is 5.82 Å². The normalized spacial score (nSPS) is 24.0. The van der Waals surface area contributed by atoms with Gasteiger partial charge in [-0.1, -0.05) is 36.1 Å². The largest absolute Gasteiger partial charge is 0.395 e. The van der Waals surface area contributed by atoms with E-state index >= 15 is 0 Å². The number of aliphatic hydroxyl groups is 1. The van der Waals surface area contributed by atoms with E-state index in [-0.39, 0.29) is 36.3 Å². The molecular formula is C25H27FN2O2. The Labute approximate surface area is 177 Å². The molecule has 2 saturated heterocycles. The van der Waals surface area contributed by atoms with Gasteiger partial charge >= 0.3 is 0 Å². The molecule has 3 atom stereocenters. The maximum atomic E-state index is 13.7. The summed E-state index contributed by atoms with van der Waals surface area (Å²) in [5.74, 6) is 5.89. The zero-order valence-corrected chi connectivity index (χ0v) is 17.2. The van der Waals surface area contributed by atoms with Crippen LogP contribution in [0.3, 0.4) is 0 Å². The summed E-state index contributed by atoms with van der Waals surface area (Å²) >= 11 is 0. The molecule has 2 fully saturated rings. The summed E-state index contributed by atoms with van der Waals surface area (Å²) in [6.07, 6.45) is 2.04. The zero-order chi connectivity index (χ0) is 21.1. The van der Waals surface area contributed by atoms with Crippen molar-refractivity contribution in [1.29, 1.82) is 0 Å². The minimum Gasteiger partial charge on any atom is -0.395 e. The highest BCUT2D eigenvalue weighted by molar-refractivity contribution is 5.73. The molecular weight excluding hydrogens is 379 g/mol. The third-order valence-corrected chi connectivity index (χ3v) is 6.33. The van der Waals surface area contributed by atoms with E-state index in [1.54, 1.807) is 25.1 Å². The van der Waals surface area contributed by atoms with Crippen molar-refractivity contribution in [3.8, 4) is 11.8 Å². The molecule has 0 unspecified atom stereocenters. The molecule has 0 aliphatic carbocycles. The lowest BCUT2D eigenvalue weighted by Crippen LogP contribution is -2.67. The molecule has 5 heteroatoms. The van der Waals surface area contributed by atoms with Crippen molar-refractivity contribution in [3.63, 3.8) is 0 Å². The Balaban J connectivity index is 1.54. The fraction of sp³-hybridized carbons (Fsp3) is 0.400. The summed E-state index contributed by atoms with van der Waals surface area (Å²) in [6.45, 7) is 4.21. The van der Waals surface area contributed by atoms with Crippen LogP contribution < -0.4 is 0 Å². The third-order valence-electron chi connectivity index (χ3n) is 6.33. The van der Waals surface area contributed by atoms with Crippen LogP contribution in [0.15, 0.2) is 48.5 Å². The van der Waals surface area contributed by atoms with E-state index < -0.39 is 0 Å². The van der Waals surface area contributed by atoms with Crippen molar-refractivity contribution in [2.45, 2.75) is 37.8 Å². The number of hydrogen-bond acceptors (Lipinski definition) is 3. The summed E-state index contributed by atoms with van der Waals surface area (Å²) < 4.78 is 13.7. The molecule has 156 valence electrons. The minimum absolute atomic E-state index is 0.0808. The first-order chi connectivity index (χ1) is 14.6. The van der Waals surface area contributed by atoms with Gasteiger partial charge in [0.25, 0.3) is 0 Å². The maximum absolute atomic E-state index is 13.7. The highest BCUT2D eigenvalue weighted by Crippen LogP contribution is 2.41. The van der Waals surface area contributed by atoms with Gasteiger partial charge in [0.05, 0.1) is 12.2 Å². The van der Waals surface area contributed by atoms with Crippen molar-refractivity contribution >= 4 is 5.91 Å². The first kappa shape index (κ1) is 20.6. The van der Waals surface area contributed by atoms with Crippen molar-refractivity contribution in [3.05, 3.63) is 71.0 Å². The fourth-order valence-corrected chi connectivity index (χ4v) is 4.72. The number of hydrogen-bond donors (Lipinski definition) is 1. The third kappa shape index (κ3) is 4.12. The molecule has 1 N–H and O–H groups in total. The fourth-order valence-electron chi connectivity index (χ4n) is 4.72. The average molecular weight is 407 g/mol. The summed E-state index contributed by atoms with van der Waals surface area (Å²) in [7, 11) is 0. The van der Waals surface area contributed by atoms with Crippen LogP contribution in [-0.4, -0.2) is 59.1 Å². The van der Waals surface area contributed by atoms with E-state index in [0.29, 0.717) is 12.1 Å². The van der Waals surface area contributed by atoms with Crippen molar-refractivity contribution < 1.29 is 14.3 Å². The van der Waals surface area contributed by atoms with E-state index in [1.165, 1.54) is 6.07 Å². The molecule has 2 aromatic rings. The zero-order valence-electron chi connectivity index (χ0n) is 17.2. The van der Waals surface area contributed by atoms with Crippen molar-refractivity contribution in [2.24, 2.45) is 0 Å². The Hall–Kier alpha value is -2.68. The summed E-state index contributed by atoms with van der Waals surface area (Å²) in [4.78, 5) is 16.3. The van der Waals surface area contributed by atoms with Crippen LogP contribution in [0, 0.1) is 17.7 Å². The first-order valence-electron chi connectivity index (χ1n) is 10.6. The molecule has 4 nitrogen and oxygen atoms in total. The number of amides is 1. The predicted molar refractivity (Wildman–Crippen MR) is 114 cm³/mol. The highest BCUT2D eigenvalue weighted by atomic mass is 19.1. The molecule has 0 aromatic heterocycles. The quantitative estimate of drug-likeness (QED) is 0.780. The van der Waals surface area contributed by atoms with Crippen LogP contribution in [0.5, 0.6) is 0 Å². The number of aliphatic hydroxyl groups excluding tert-OH is 1. The highest BCUT2D eigenvalue weighted by Gasteiger charge is 2.49. The Kier molecular flexibility index (Phi) is 6.17. The second-order valence-corrected chi connectivity index (χ2v) is 8.10. The Morgan fingerprint density at radius 2 is 1.83 bits per heavy atom. The SMILES string of the molecule is CC(=O)N1CCCCN2[C@H](CO)[C@@H](c3ccc(C#Cc4ccccc4F)cc3)[C@@H]2C1. The minimum atomic E-state index is -0.318. The Morgan fingerprint density at radius 1 is 1.10 bits per heavy atom. The lowest BCUT2D eigenvalue weighted by Gasteiger charge is -2.57.